The van der Waals surface area contributed by atoms with Crippen molar-refractivity contribution in [2.45, 2.75) is 51.5 Å². The summed E-state index contributed by atoms with van der Waals surface area (Å²) in [4.78, 5) is 19.2. The van der Waals surface area contributed by atoms with Gasteiger partial charge >= 0.3 is 0 Å². The summed E-state index contributed by atoms with van der Waals surface area (Å²) in [6.45, 7) is 2.48. The van der Waals surface area contributed by atoms with Gasteiger partial charge in [-0.1, -0.05) is 61.7 Å². The van der Waals surface area contributed by atoms with E-state index >= 15 is 0 Å². The molecule has 0 saturated heterocycles. The summed E-state index contributed by atoms with van der Waals surface area (Å²) in [5, 5.41) is 2.13. The molecule has 194 valence electrons. The van der Waals surface area contributed by atoms with Gasteiger partial charge in [-0.25, -0.2) is 9.67 Å². The summed E-state index contributed by atoms with van der Waals surface area (Å²) in [5.74, 6) is 1.52. The monoisotopic (exact) mass is 524 g/mol. The third-order valence-corrected chi connectivity index (χ3v) is 8.57. The van der Waals surface area contributed by atoms with E-state index in [-0.39, 0.29) is 5.56 Å². The maximum absolute atomic E-state index is 13.5. The van der Waals surface area contributed by atoms with E-state index in [9.17, 15) is 4.79 Å². The van der Waals surface area contributed by atoms with Crippen LogP contribution in [0.1, 0.15) is 55.0 Å². The summed E-state index contributed by atoms with van der Waals surface area (Å²) in [6.07, 6.45) is 8.29. The number of nitrogens with zero attached hydrogens (tertiary/aromatic N) is 4. The van der Waals surface area contributed by atoms with Gasteiger partial charge in [0.15, 0.2) is 10.5 Å². The zero-order valence-corrected chi connectivity index (χ0v) is 22.7. The molecule has 3 aromatic heterocycles. The van der Waals surface area contributed by atoms with Gasteiger partial charge in [0.25, 0.3) is 5.56 Å². The van der Waals surface area contributed by atoms with E-state index in [1.54, 1.807) is 22.3 Å². The molecule has 1 aliphatic carbocycles. The molecule has 0 aliphatic heterocycles. The Balaban J connectivity index is 1.44. The van der Waals surface area contributed by atoms with Gasteiger partial charge in [0.1, 0.15) is 5.76 Å². The fourth-order valence-corrected chi connectivity index (χ4v) is 6.42. The number of rotatable bonds is 6. The van der Waals surface area contributed by atoms with E-state index in [0.29, 0.717) is 18.2 Å². The van der Waals surface area contributed by atoms with Gasteiger partial charge in [0.05, 0.1) is 29.9 Å². The quantitative estimate of drug-likeness (QED) is 0.242. The molecule has 6 rings (SSSR count). The van der Waals surface area contributed by atoms with Gasteiger partial charge < -0.3 is 8.98 Å². The summed E-state index contributed by atoms with van der Waals surface area (Å²) in [6, 6.07) is 22.6. The van der Waals surface area contributed by atoms with Crippen LogP contribution in [-0.4, -0.2) is 13.9 Å². The first-order chi connectivity index (χ1) is 18.6. The first kappa shape index (κ1) is 24.5. The van der Waals surface area contributed by atoms with Crippen molar-refractivity contribution < 1.29 is 4.42 Å². The molecule has 1 aliphatic rings. The van der Waals surface area contributed by atoms with Crippen LogP contribution in [0.3, 0.4) is 0 Å². The zero-order valence-electron chi connectivity index (χ0n) is 21.8. The number of para-hydroxylation sites is 1. The number of thiazole rings is 1. The van der Waals surface area contributed by atoms with Crippen molar-refractivity contribution in [1.82, 2.24) is 13.9 Å². The fraction of sp³-hybridized carbons (Fsp3) is 0.290. The summed E-state index contributed by atoms with van der Waals surface area (Å²) < 4.78 is 11.4. The molecule has 0 radical (unpaired) electrons. The van der Waals surface area contributed by atoms with Crippen LogP contribution in [0.15, 0.2) is 92.6 Å². The minimum Gasteiger partial charge on any atom is -0.467 e. The van der Waals surface area contributed by atoms with E-state index < -0.39 is 0 Å². The topological polar surface area (TPSA) is 57.4 Å². The predicted molar refractivity (Wildman–Crippen MR) is 152 cm³/mol. The molecule has 0 unspecified atom stereocenters. The number of furan rings is 1. The maximum atomic E-state index is 13.5. The largest absolute Gasteiger partial charge is 0.467 e. The van der Waals surface area contributed by atoms with Crippen molar-refractivity contribution in [2.75, 3.05) is 0 Å². The van der Waals surface area contributed by atoms with Crippen LogP contribution in [0.5, 0.6) is 0 Å². The van der Waals surface area contributed by atoms with E-state index in [1.807, 2.05) is 61.1 Å². The highest BCUT2D eigenvalue weighted by molar-refractivity contribution is 7.07. The smallest absolute Gasteiger partial charge is 0.297 e. The van der Waals surface area contributed by atoms with Crippen LogP contribution in [-0.2, 0) is 13.6 Å². The van der Waals surface area contributed by atoms with Crippen molar-refractivity contribution in [3.63, 3.8) is 0 Å². The number of hydrogen-bond donors (Lipinski definition) is 0. The molecular formula is C31H32N4O2S. The molecule has 1 saturated carbocycles. The molecule has 0 bridgehead atoms. The van der Waals surface area contributed by atoms with E-state index in [1.165, 1.54) is 37.7 Å². The van der Waals surface area contributed by atoms with Gasteiger partial charge in [-0.15, -0.1) is 11.3 Å². The van der Waals surface area contributed by atoms with Crippen molar-refractivity contribution >= 4 is 17.0 Å². The van der Waals surface area contributed by atoms with E-state index in [4.69, 9.17) is 9.41 Å². The summed E-state index contributed by atoms with van der Waals surface area (Å²) >= 11 is 1.55. The molecule has 0 spiro atoms. The molecule has 2 aromatic carbocycles. The zero-order chi connectivity index (χ0) is 26.1. The minimum absolute atomic E-state index is 0.132. The number of hydrogen-bond acceptors (Lipinski definition) is 4. The third kappa shape index (κ3) is 4.63. The molecule has 38 heavy (non-hydrogen) atoms. The molecule has 5 aromatic rings. The van der Waals surface area contributed by atoms with Crippen molar-refractivity contribution in [3.8, 4) is 16.9 Å². The minimum atomic E-state index is -0.132. The Morgan fingerprint density at radius 1 is 0.974 bits per heavy atom. The van der Waals surface area contributed by atoms with Gasteiger partial charge in [-0.05, 0) is 61.1 Å². The molecule has 7 heteroatoms. The first-order valence-corrected chi connectivity index (χ1v) is 14.2. The van der Waals surface area contributed by atoms with Crippen molar-refractivity contribution in [2.24, 2.45) is 12.0 Å². The molecule has 6 nitrogen and oxygen atoms in total. The van der Waals surface area contributed by atoms with Crippen LogP contribution in [0.25, 0.3) is 16.9 Å². The van der Waals surface area contributed by atoms with Crippen LogP contribution in [0.4, 0.5) is 5.69 Å². The maximum Gasteiger partial charge on any atom is 0.297 e. The lowest BCUT2D eigenvalue weighted by Crippen LogP contribution is -2.20. The lowest BCUT2D eigenvalue weighted by Gasteiger charge is -2.22. The van der Waals surface area contributed by atoms with Crippen LogP contribution in [0.2, 0.25) is 0 Å². The van der Waals surface area contributed by atoms with Crippen molar-refractivity contribution in [3.05, 3.63) is 111 Å². The molecule has 0 N–H and O–H groups in total. The molecule has 1 fully saturated rings. The lowest BCUT2D eigenvalue weighted by atomic mass is 9.84. The second-order valence-electron chi connectivity index (χ2n) is 10.0. The Morgan fingerprint density at radius 3 is 2.45 bits per heavy atom. The van der Waals surface area contributed by atoms with Crippen molar-refractivity contribution in [1.29, 1.82) is 0 Å². The van der Waals surface area contributed by atoms with Crippen LogP contribution in [0, 0.1) is 6.92 Å². The third-order valence-electron chi connectivity index (χ3n) is 7.71. The molecule has 3 heterocycles. The normalized spacial score (nSPS) is 14.8. The number of aromatic nitrogens is 3. The Hall–Kier alpha value is -3.84. The predicted octanol–water partition coefficient (Wildman–Crippen LogP) is 6.94. The first-order valence-electron chi connectivity index (χ1n) is 13.3. The van der Waals surface area contributed by atoms with Gasteiger partial charge in [0.2, 0.25) is 0 Å². The Kier molecular flexibility index (Phi) is 6.77. The van der Waals surface area contributed by atoms with Crippen LogP contribution < -0.4 is 10.4 Å². The van der Waals surface area contributed by atoms with Gasteiger partial charge in [-0.3, -0.25) is 9.48 Å². The summed E-state index contributed by atoms with van der Waals surface area (Å²) in [5.41, 5.74) is 5.59. The Labute approximate surface area is 226 Å². The standard InChI is InChI=1S/C31H32N4O2S/c1-22-29(30(36)35(33(22)2)26-12-7-4-8-13-26)32-31-34(20-27-14-9-19-37-27)28(21-38-31)25-17-15-24(16-18-25)23-10-5-3-6-11-23/h4,7-9,12-19,21,23H,3,5-6,10-11,20H2,1-2H3. The highest BCUT2D eigenvalue weighted by Crippen LogP contribution is 2.33. The molecular weight excluding hydrogens is 492 g/mol. The van der Waals surface area contributed by atoms with Gasteiger partial charge in [-0.2, -0.15) is 0 Å². The fourth-order valence-electron chi connectivity index (χ4n) is 5.50. The average molecular weight is 525 g/mol. The second-order valence-corrected chi connectivity index (χ2v) is 10.9. The Morgan fingerprint density at radius 2 is 1.74 bits per heavy atom. The Bertz CT molecular complexity index is 1650. The van der Waals surface area contributed by atoms with Crippen LogP contribution >= 0.6 is 11.3 Å². The van der Waals surface area contributed by atoms with Gasteiger partial charge in [0, 0.05) is 12.4 Å². The lowest BCUT2D eigenvalue weighted by molar-refractivity contribution is 0.443. The molecule has 0 amide bonds. The van der Waals surface area contributed by atoms with E-state index in [0.717, 1.165) is 33.2 Å². The molecule has 0 atom stereocenters. The average Bonchev–Trinajstić information content (AvgIpc) is 3.67. The highest BCUT2D eigenvalue weighted by atomic mass is 32.1. The highest BCUT2D eigenvalue weighted by Gasteiger charge is 2.18. The van der Waals surface area contributed by atoms with E-state index in [2.05, 4.69) is 34.2 Å². The SMILES string of the molecule is Cc1c(N=c2scc(-c3ccc(C4CCCCC4)cc3)n2Cc2ccco2)c(=O)n(-c2ccccc2)n1C. The second kappa shape index (κ2) is 10.5. The number of benzene rings is 2. The summed E-state index contributed by atoms with van der Waals surface area (Å²) in [7, 11) is 1.90.